The van der Waals surface area contributed by atoms with Crippen LogP contribution in [0.1, 0.15) is 12.8 Å². The summed E-state index contributed by atoms with van der Waals surface area (Å²) in [5, 5.41) is 2.36. The molecule has 0 aromatic heterocycles. The normalized spacial score (nSPS) is 11.1. The summed E-state index contributed by atoms with van der Waals surface area (Å²) in [6.07, 6.45) is -5.94. The molecule has 0 atom stereocenters. The van der Waals surface area contributed by atoms with Crippen molar-refractivity contribution in [1.82, 2.24) is 0 Å². The highest BCUT2D eigenvalue weighted by atomic mass is 19.4. The van der Waals surface area contributed by atoms with E-state index in [1.54, 1.807) is 24.3 Å². The van der Waals surface area contributed by atoms with E-state index in [9.17, 15) is 18.0 Å². The Kier molecular flexibility index (Phi) is 3.71. The Bertz CT molecular complexity index is 321. The number of carbonyl (C=O) groups excluding carboxylic acids is 1. The van der Waals surface area contributed by atoms with E-state index in [2.05, 4.69) is 11.4 Å². The van der Waals surface area contributed by atoms with Crippen LogP contribution in [-0.2, 0) is 4.79 Å². The maximum atomic E-state index is 11.8. The average Bonchev–Trinajstić information content (AvgIpc) is 2.15. The first-order chi connectivity index (χ1) is 6.97. The molecule has 15 heavy (non-hydrogen) atoms. The molecule has 0 saturated heterocycles. The lowest BCUT2D eigenvalue weighted by atomic mass is 10.2. The third-order valence-corrected chi connectivity index (χ3v) is 1.64. The summed E-state index contributed by atoms with van der Waals surface area (Å²) in [6.45, 7) is 0. The molecule has 5 heteroatoms. The lowest BCUT2D eigenvalue weighted by molar-refractivity contribution is -0.142. The maximum Gasteiger partial charge on any atom is 0.389 e. The zero-order chi connectivity index (χ0) is 11.3. The van der Waals surface area contributed by atoms with Crippen LogP contribution in [0.25, 0.3) is 0 Å². The molecular formula is C10H9F3NO. The number of hydrogen-bond donors (Lipinski definition) is 1. The predicted octanol–water partition coefficient (Wildman–Crippen LogP) is 2.77. The number of carbonyl (C=O) groups is 1. The molecule has 1 amide bonds. The summed E-state index contributed by atoms with van der Waals surface area (Å²) in [5.41, 5.74) is 0.473. The molecule has 0 heterocycles. The van der Waals surface area contributed by atoms with E-state index in [1.165, 1.54) is 0 Å². The molecule has 1 radical (unpaired) electrons. The van der Waals surface area contributed by atoms with Crippen molar-refractivity contribution < 1.29 is 18.0 Å². The van der Waals surface area contributed by atoms with Crippen molar-refractivity contribution in [2.45, 2.75) is 19.0 Å². The predicted molar refractivity (Wildman–Crippen MR) is 49.2 cm³/mol. The van der Waals surface area contributed by atoms with Gasteiger partial charge in [0.25, 0.3) is 0 Å². The van der Waals surface area contributed by atoms with Crippen molar-refractivity contribution in [2.24, 2.45) is 0 Å². The molecule has 1 rings (SSSR count). The topological polar surface area (TPSA) is 29.1 Å². The zero-order valence-corrected chi connectivity index (χ0v) is 7.77. The number of halogens is 3. The minimum atomic E-state index is -4.29. The Balaban J connectivity index is 2.38. The molecule has 1 aromatic rings. The SMILES string of the molecule is O=C(CCC(F)(F)F)Nc1cc[c]cc1. The van der Waals surface area contributed by atoms with Gasteiger partial charge >= 0.3 is 6.18 Å². The highest BCUT2D eigenvalue weighted by molar-refractivity contribution is 5.90. The molecule has 0 bridgehead atoms. The molecule has 2 nitrogen and oxygen atoms in total. The van der Waals surface area contributed by atoms with Crippen LogP contribution in [0.4, 0.5) is 18.9 Å². The van der Waals surface area contributed by atoms with Crippen LogP contribution in [0.15, 0.2) is 24.3 Å². The van der Waals surface area contributed by atoms with Crippen molar-refractivity contribution in [3.8, 4) is 0 Å². The van der Waals surface area contributed by atoms with Crippen LogP contribution in [0, 0.1) is 6.07 Å². The van der Waals surface area contributed by atoms with Gasteiger partial charge in [-0.15, -0.1) is 0 Å². The summed E-state index contributed by atoms with van der Waals surface area (Å²) >= 11 is 0. The Labute approximate surface area is 85.1 Å². The van der Waals surface area contributed by atoms with E-state index in [0.717, 1.165) is 0 Å². The van der Waals surface area contributed by atoms with Crippen molar-refractivity contribution in [3.63, 3.8) is 0 Å². The molecule has 1 N–H and O–H groups in total. The van der Waals surface area contributed by atoms with E-state index < -0.39 is 24.9 Å². The smallest absolute Gasteiger partial charge is 0.326 e. The van der Waals surface area contributed by atoms with Gasteiger partial charge in [0.15, 0.2) is 0 Å². The number of alkyl halides is 3. The van der Waals surface area contributed by atoms with E-state index in [-0.39, 0.29) is 0 Å². The highest BCUT2D eigenvalue weighted by Crippen LogP contribution is 2.21. The van der Waals surface area contributed by atoms with Crippen molar-refractivity contribution in [3.05, 3.63) is 30.3 Å². The van der Waals surface area contributed by atoms with Gasteiger partial charge in [-0.25, -0.2) is 0 Å². The van der Waals surface area contributed by atoms with Gasteiger partial charge in [0.1, 0.15) is 0 Å². The van der Waals surface area contributed by atoms with Crippen LogP contribution in [0.2, 0.25) is 0 Å². The molecular weight excluding hydrogens is 207 g/mol. The lowest BCUT2D eigenvalue weighted by Crippen LogP contribution is -2.16. The molecule has 0 aliphatic heterocycles. The van der Waals surface area contributed by atoms with Gasteiger partial charge in [0.2, 0.25) is 5.91 Å². The van der Waals surface area contributed by atoms with Crippen LogP contribution in [0.5, 0.6) is 0 Å². The standard InChI is InChI=1S/C10H9F3NO/c11-10(12,13)7-6-9(15)14-8-4-2-1-3-5-8/h2-5H,6-7H2,(H,14,15). The molecule has 0 fully saturated rings. The number of hydrogen-bond acceptors (Lipinski definition) is 1. The van der Waals surface area contributed by atoms with Crippen molar-refractivity contribution in [1.29, 1.82) is 0 Å². The minimum Gasteiger partial charge on any atom is -0.326 e. The third kappa shape index (κ3) is 5.05. The fourth-order valence-electron chi connectivity index (χ4n) is 0.949. The van der Waals surface area contributed by atoms with E-state index in [1.807, 2.05) is 0 Å². The molecule has 0 saturated carbocycles. The van der Waals surface area contributed by atoms with Gasteiger partial charge in [0.05, 0.1) is 6.42 Å². The van der Waals surface area contributed by atoms with Crippen LogP contribution in [-0.4, -0.2) is 12.1 Å². The number of benzene rings is 1. The fraction of sp³-hybridized carbons (Fsp3) is 0.300. The summed E-state index contributed by atoms with van der Waals surface area (Å²) < 4.78 is 35.3. The van der Waals surface area contributed by atoms with Crippen LogP contribution < -0.4 is 5.32 Å². The summed E-state index contributed by atoms with van der Waals surface area (Å²) in [6, 6.07) is 8.99. The first kappa shape index (κ1) is 11.6. The van der Waals surface area contributed by atoms with Gasteiger partial charge < -0.3 is 5.32 Å². The average molecular weight is 216 g/mol. The van der Waals surface area contributed by atoms with Gasteiger partial charge in [-0.2, -0.15) is 13.2 Å². The largest absolute Gasteiger partial charge is 0.389 e. The Hall–Kier alpha value is -1.52. The molecule has 0 unspecified atom stereocenters. The highest BCUT2D eigenvalue weighted by Gasteiger charge is 2.27. The second kappa shape index (κ2) is 4.82. The molecule has 81 valence electrons. The Morgan fingerprint density at radius 1 is 1.33 bits per heavy atom. The monoisotopic (exact) mass is 216 g/mol. The third-order valence-electron chi connectivity index (χ3n) is 1.64. The Morgan fingerprint density at radius 2 is 1.93 bits per heavy atom. The van der Waals surface area contributed by atoms with Gasteiger partial charge in [-0.3, -0.25) is 4.79 Å². The molecule has 0 aliphatic carbocycles. The summed E-state index contributed by atoms with van der Waals surface area (Å²) in [4.78, 5) is 11.0. The number of anilines is 1. The van der Waals surface area contributed by atoms with Gasteiger partial charge in [-0.1, -0.05) is 12.1 Å². The Morgan fingerprint density at radius 3 is 2.47 bits per heavy atom. The molecule has 0 spiro atoms. The quantitative estimate of drug-likeness (QED) is 0.826. The molecule has 0 aliphatic rings. The van der Waals surface area contributed by atoms with Crippen LogP contribution in [0.3, 0.4) is 0 Å². The fourth-order valence-corrected chi connectivity index (χ4v) is 0.949. The first-order valence-corrected chi connectivity index (χ1v) is 4.30. The van der Waals surface area contributed by atoms with E-state index in [4.69, 9.17) is 0 Å². The molecule has 1 aromatic carbocycles. The van der Waals surface area contributed by atoms with Gasteiger partial charge in [-0.05, 0) is 18.2 Å². The number of amides is 1. The summed E-state index contributed by atoms with van der Waals surface area (Å²) in [7, 11) is 0. The van der Waals surface area contributed by atoms with Gasteiger partial charge in [0, 0.05) is 12.1 Å². The summed E-state index contributed by atoms with van der Waals surface area (Å²) in [5.74, 6) is -0.640. The second-order valence-corrected chi connectivity index (χ2v) is 2.95. The minimum absolute atomic E-state index is 0.473. The van der Waals surface area contributed by atoms with E-state index in [0.29, 0.717) is 5.69 Å². The number of nitrogens with one attached hydrogen (secondary N) is 1. The zero-order valence-electron chi connectivity index (χ0n) is 7.77. The first-order valence-electron chi connectivity index (χ1n) is 4.30. The lowest BCUT2D eigenvalue weighted by Gasteiger charge is -2.06. The maximum absolute atomic E-state index is 11.8. The van der Waals surface area contributed by atoms with Crippen LogP contribution >= 0.6 is 0 Å². The van der Waals surface area contributed by atoms with Crippen molar-refractivity contribution in [2.75, 3.05) is 5.32 Å². The number of rotatable bonds is 3. The van der Waals surface area contributed by atoms with Crippen molar-refractivity contribution >= 4 is 11.6 Å². The van der Waals surface area contributed by atoms with E-state index >= 15 is 0 Å². The second-order valence-electron chi connectivity index (χ2n) is 2.95.